The van der Waals surface area contributed by atoms with E-state index in [4.69, 9.17) is 0 Å². The summed E-state index contributed by atoms with van der Waals surface area (Å²) in [7, 11) is 1.24. The Hall–Kier alpha value is -1.69. The van der Waals surface area contributed by atoms with Crippen LogP contribution in [-0.4, -0.2) is 42.8 Å². The molecule has 1 aliphatic rings. The lowest BCUT2D eigenvalue weighted by Gasteiger charge is -2.30. The van der Waals surface area contributed by atoms with Crippen molar-refractivity contribution in [1.29, 1.82) is 0 Å². The molecule has 5 nitrogen and oxygen atoms in total. The molecule has 6 heteroatoms. The molecule has 0 radical (unpaired) electrons. The third-order valence-corrected chi connectivity index (χ3v) is 3.81. The number of carbonyl (C=O) groups is 3. The van der Waals surface area contributed by atoms with Crippen LogP contribution in [0.15, 0.2) is 28.7 Å². The minimum absolute atomic E-state index is 0.0837. The quantitative estimate of drug-likeness (QED) is 0.607. The summed E-state index contributed by atoms with van der Waals surface area (Å²) in [6.45, 7) is 0.418. The van der Waals surface area contributed by atoms with Crippen LogP contribution in [0, 0.1) is 5.92 Å². The molecular weight excluding hydrogens is 326 g/mol. The van der Waals surface area contributed by atoms with Crippen molar-refractivity contribution in [2.75, 3.05) is 20.2 Å². The first kappa shape index (κ1) is 14.7. The van der Waals surface area contributed by atoms with Crippen LogP contribution < -0.4 is 0 Å². The van der Waals surface area contributed by atoms with E-state index in [0.29, 0.717) is 12.1 Å². The van der Waals surface area contributed by atoms with E-state index in [1.807, 2.05) is 0 Å². The Morgan fingerprint density at radius 3 is 2.55 bits per heavy atom. The minimum Gasteiger partial charge on any atom is -0.468 e. The van der Waals surface area contributed by atoms with Gasteiger partial charge in [0.05, 0.1) is 7.11 Å². The van der Waals surface area contributed by atoms with E-state index in [1.54, 1.807) is 24.3 Å². The fourth-order valence-corrected chi connectivity index (χ4v) is 2.40. The van der Waals surface area contributed by atoms with Gasteiger partial charge in [-0.1, -0.05) is 15.9 Å². The Bertz CT molecular complexity index is 533. The molecule has 1 aliphatic heterocycles. The van der Waals surface area contributed by atoms with Gasteiger partial charge >= 0.3 is 5.97 Å². The molecule has 0 aromatic heterocycles. The number of likely N-dealkylation sites (tertiary alicyclic amines) is 1. The smallest absolute Gasteiger partial charge is 0.318 e. The van der Waals surface area contributed by atoms with Crippen LogP contribution in [0.25, 0.3) is 0 Å². The van der Waals surface area contributed by atoms with Crippen LogP contribution in [-0.2, 0) is 14.3 Å². The maximum atomic E-state index is 12.3. The van der Waals surface area contributed by atoms with E-state index >= 15 is 0 Å². The zero-order chi connectivity index (χ0) is 14.7. The number of hydrogen-bond donors (Lipinski definition) is 0. The molecule has 1 aromatic carbocycles. The third-order valence-electron chi connectivity index (χ3n) is 3.28. The van der Waals surface area contributed by atoms with Gasteiger partial charge in [-0.2, -0.15) is 0 Å². The van der Waals surface area contributed by atoms with Crippen molar-refractivity contribution in [2.24, 2.45) is 5.92 Å². The van der Waals surface area contributed by atoms with Gasteiger partial charge in [-0.3, -0.25) is 14.4 Å². The minimum atomic E-state index is -0.867. The van der Waals surface area contributed by atoms with E-state index in [2.05, 4.69) is 20.7 Å². The van der Waals surface area contributed by atoms with Crippen LogP contribution in [0.3, 0.4) is 0 Å². The number of halogens is 1. The van der Waals surface area contributed by atoms with Crippen molar-refractivity contribution in [3.63, 3.8) is 0 Å². The first-order chi connectivity index (χ1) is 9.52. The van der Waals surface area contributed by atoms with Crippen LogP contribution >= 0.6 is 15.9 Å². The number of nitrogens with zero attached hydrogens (tertiary/aromatic N) is 1. The van der Waals surface area contributed by atoms with E-state index in [1.165, 1.54) is 12.0 Å². The van der Waals surface area contributed by atoms with Gasteiger partial charge < -0.3 is 9.64 Å². The molecule has 0 spiro atoms. The number of hydrogen-bond acceptors (Lipinski definition) is 4. The molecule has 0 aliphatic carbocycles. The zero-order valence-corrected chi connectivity index (χ0v) is 12.6. The molecule has 0 saturated carbocycles. The summed E-state index contributed by atoms with van der Waals surface area (Å²) in [5.74, 6) is -1.80. The number of Topliss-reactive ketones (excluding diaryl/α,β-unsaturated/α-hetero) is 1. The van der Waals surface area contributed by atoms with Crippen molar-refractivity contribution in [2.45, 2.75) is 6.42 Å². The molecule has 0 bridgehead atoms. The van der Waals surface area contributed by atoms with Gasteiger partial charge in [0, 0.05) is 29.5 Å². The normalized spacial score (nSPS) is 18.8. The number of rotatable bonds is 2. The highest BCUT2D eigenvalue weighted by molar-refractivity contribution is 9.10. The molecule has 1 atom stereocenters. The highest BCUT2D eigenvalue weighted by Gasteiger charge is 2.35. The van der Waals surface area contributed by atoms with E-state index in [0.717, 1.165) is 4.47 Å². The maximum absolute atomic E-state index is 12.3. The van der Waals surface area contributed by atoms with Gasteiger partial charge in [0.2, 0.25) is 0 Å². The summed E-state index contributed by atoms with van der Waals surface area (Å²) >= 11 is 3.31. The van der Waals surface area contributed by atoms with E-state index < -0.39 is 11.9 Å². The predicted molar refractivity (Wildman–Crippen MR) is 75.2 cm³/mol. The van der Waals surface area contributed by atoms with Gasteiger partial charge in [-0.25, -0.2) is 0 Å². The molecule has 1 aromatic rings. The van der Waals surface area contributed by atoms with Crippen molar-refractivity contribution in [1.82, 2.24) is 4.90 Å². The second-order valence-electron chi connectivity index (χ2n) is 4.55. The number of benzene rings is 1. The number of methoxy groups -OCH3 is 1. The molecule has 20 heavy (non-hydrogen) atoms. The number of esters is 1. The molecule has 1 unspecified atom stereocenters. The van der Waals surface area contributed by atoms with Gasteiger partial charge in [0.15, 0.2) is 5.78 Å². The molecule has 2 rings (SSSR count). The number of ketones is 1. The van der Waals surface area contributed by atoms with Crippen molar-refractivity contribution >= 4 is 33.6 Å². The van der Waals surface area contributed by atoms with Gasteiger partial charge in [0.25, 0.3) is 5.91 Å². The molecule has 1 fully saturated rings. The monoisotopic (exact) mass is 339 g/mol. The third kappa shape index (κ3) is 3.07. The number of ether oxygens (including phenoxy) is 1. The van der Waals surface area contributed by atoms with Gasteiger partial charge in [0.1, 0.15) is 5.92 Å². The summed E-state index contributed by atoms with van der Waals surface area (Å²) in [5, 5.41) is 0. The zero-order valence-electron chi connectivity index (χ0n) is 11.0. The summed E-state index contributed by atoms with van der Waals surface area (Å²) in [6.07, 6.45) is 0.183. The lowest BCUT2D eigenvalue weighted by atomic mass is 9.96. The summed E-state index contributed by atoms with van der Waals surface area (Å²) in [5.41, 5.74) is 0.533. The fourth-order valence-electron chi connectivity index (χ4n) is 2.14. The molecule has 1 saturated heterocycles. The number of amides is 1. The number of piperidine rings is 1. The lowest BCUT2D eigenvalue weighted by molar-refractivity contribution is -0.151. The number of carbonyl (C=O) groups excluding carboxylic acids is 3. The standard InChI is InChI=1S/C14H14BrNO4/c1-20-14(19)11-8-16(7-6-12(11)17)13(18)9-2-4-10(15)5-3-9/h2-5,11H,6-8H2,1H3. The summed E-state index contributed by atoms with van der Waals surface area (Å²) in [4.78, 5) is 37.1. The van der Waals surface area contributed by atoms with Crippen LogP contribution in [0.1, 0.15) is 16.8 Å². The van der Waals surface area contributed by atoms with Gasteiger partial charge in [-0.15, -0.1) is 0 Å². The van der Waals surface area contributed by atoms with E-state index in [-0.39, 0.29) is 24.7 Å². The Labute approximate surface area is 125 Å². The Balaban J connectivity index is 2.13. The van der Waals surface area contributed by atoms with Crippen LogP contribution in [0.4, 0.5) is 0 Å². The largest absolute Gasteiger partial charge is 0.468 e. The Morgan fingerprint density at radius 1 is 1.30 bits per heavy atom. The predicted octanol–water partition coefficient (Wildman–Crippen LogP) is 1.65. The first-order valence-corrected chi connectivity index (χ1v) is 6.97. The molecule has 1 heterocycles. The Kier molecular flexibility index (Phi) is 4.54. The van der Waals surface area contributed by atoms with E-state index in [9.17, 15) is 14.4 Å². The average Bonchev–Trinajstić information content (AvgIpc) is 2.47. The highest BCUT2D eigenvalue weighted by Crippen LogP contribution is 2.18. The molecule has 0 N–H and O–H groups in total. The second kappa shape index (κ2) is 6.17. The highest BCUT2D eigenvalue weighted by atomic mass is 79.9. The summed E-state index contributed by atoms with van der Waals surface area (Å²) in [6, 6.07) is 6.96. The molecule has 106 valence electrons. The molecule has 1 amide bonds. The lowest BCUT2D eigenvalue weighted by Crippen LogP contribution is -2.47. The second-order valence-corrected chi connectivity index (χ2v) is 5.47. The van der Waals surface area contributed by atoms with Crippen molar-refractivity contribution in [3.05, 3.63) is 34.3 Å². The van der Waals surface area contributed by atoms with Crippen molar-refractivity contribution < 1.29 is 19.1 Å². The summed E-state index contributed by atoms with van der Waals surface area (Å²) < 4.78 is 5.49. The molecular formula is C14H14BrNO4. The fraction of sp³-hybridized carbons (Fsp3) is 0.357. The van der Waals surface area contributed by atoms with Gasteiger partial charge in [-0.05, 0) is 24.3 Å². The Morgan fingerprint density at radius 2 is 1.95 bits per heavy atom. The first-order valence-electron chi connectivity index (χ1n) is 6.18. The van der Waals surface area contributed by atoms with Crippen molar-refractivity contribution in [3.8, 4) is 0 Å². The van der Waals surface area contributed by atoms with Crippen LogP contribution in [0.5, 0.6) is 0 Å². The topological polar surface area (TPSA) is 63.7 Å². The average molecular weight is 340 g/mol. The SMILES string of the molecule is COC(=O)C1CN(C(=O)c2ccc(Br)cc2)CCC1=O. The van der Waals surface area contributed by atoms with Crippen LogP contribution in [0.2, 0.25) is 0 Å². The maximum Gasteiger partial charge on any atom is 0.318 e.